The zero-order valence-electron chi connectivity index (χ0n) is 16.2. The fourth-order valence-electron chi connectivity index (χ4n) is 2.58. The van der Waals surface area contributed by atoms with Crippen molar-refractivity contribution in [3.8, 4) is 11.3 Å². The van der Waals surface area contributed by atoms with Crippen molar-refractivity contribution < 1.29 is 27.2 Å². The molecule has 0 unspecified atom stereocenters. The molecule has 30 heavy (non-hydrogen) atoms. The van der Waals surface area contributed by atoms with E-state index >= 15 is 0 Å². The zero-order valence-corrected chi connectivity index (χ0v) is 16.2. The number of rotatable bonds is 5. The molecule has 2 aromatic carbocycles. The van der Waals surface area contributed by atoms with Crippen LogP contribution in [0.3, 0.4) is 0 Å². The molecule has 0 aliphatic carbocycles. The second kappa shape index (κ2) is 8.44. The largest absolute Gasteiger partial charge is 0.451 e. The molecule has 1 heterocycles. The summed E-state index contributed by atoms with van der Waals surface area (Å²) in [6.45, 7) is 3.56. The molecule has 0 fully saturated rings. The molecular weight excluding hydrogens is 397 g/mol. The van der Waals surface area contributed by atoms with Crippen LogP contribution in [-0.2, 0) is 11.0 Å². The third-order valence-corrected chi connectivity index (χ3v) is 4.24. The number of hydrogen-bond acceptors (Lipinski definition) is 3. The minimum Gasteiger partial charge on any atom is -0.451 e. The Morgan fingerprint density at radius 1 is 0.900 bits per heavy atom. The Morgan fingerprint density at radius 2 is 1.53 bits per heavy atom. The number of alkyl halides is 3. The number of furan rings is 1. The lowest BCUT2D eigenvalue weighted by atomic mass is 10.1. The molecule has 0 saturated heterocycles. The summed E-state index contributed by atoms with van der Waals surface area (Å²) in [6, 6.07) is 14.0. The van der Waals surface area contributed by atoms with Crippen LogP contribution < -0.4 is 10.6 Å². The third kappa shape index (κ3) is 5.08. The lowest BCUT2D eigenvalue weighted by Crippen LogP contribution is -2.17. The number of carbonyl (C=O) groups excluding carboxylic acids is 2. The first-order chi connectivity index (χ1) is 14.1. The molecule has 0 radical (unpaired) electrons. The number of benzene rings is 2. The number of nitrogens with one attached hydrogen (secondary N) is 2. The van der Waals surface area contributed by atoms with E-state index in [4.69, 9.17) is 4.42 Å². The zero-order chi connectivity index (χ0) is 21.9. The van der Waals surface area contributed by atoms with Crippen LogP contribution in [0.4, 0.5) is 24.5 Å². The van der Waals surface area contributed by atoms with E-state index in [0.717, 1.165) is 12.1 Å². The van der Waals surface area contributed by atoms with E-state index in [1.165, 1.54) is 24.3 Å². The minimum atomic E-state index is -4.47. The Kier molecular flexibility index (Phi) is 5.96. The molecule has 0 atom stereocenters. The second-order valence-corrected chi connectivity index (χ2v) is 6.92. The average molecular weight is 416 g/mol. The molecule has 0 aliphatic heterocycles. The normalized spacial score (nSPS) is 11.4. The molecule has 0 saturated carbocycles. The molecule has 156 valence electrons. The van der Waals surface area contributed by atoms with Crippen LogP contribution in [0, 0.1) is 5.92 Å². The molecule has 1 aromatic heterocycles. The van der Waals surface area contributed by atoms with Gasteiger partial charge in [-0.3, -0.25) is 9.59 Å². The van der Waals surface area contributed by atoms with Crippen molar-refractivity contribution in [2.45, 2.75) is 20.0 Å². The lowest BCUT2D eigenvalue weighted by molar-refractivity contribution is -0.137. The maximum absolute atomic E-state index is 12.9. The van der Waals surface area contributed by atoms with Crippen molar-refractivity contribution in [1.29, 1.82) is 0 Å². The Hall–Kier alpha value is -3.55. The van der Waals surface area contributed by atoms with Gasteiger partial charge in [0.1, 0.15) is 5.76 Å². The monoisotopic (exact) mass is 416 g/mol. The van der Waals surface area contributed by atoms with E-state index in [9.17, 15) is 22.8 Å². The van der Waals surface area contributed by atoms with E-state index < -0.39 is 17.6 Å². The SMILES string of the molecule is CC(C)C(=O)Nc1ccc(NC(=O)c2ccc(-c3cccc(C(F)(F)F)c3)o2)cc1. The van der Waals surface area contributed by atoms with Crippen LogP contribution in [0.15, 0.2) is 65.1 Å². The Balaban J connectivity index is 1.69. The van der Waals surface area contributed by atoms with Gasteiger partial charge in [-0.2, -0.15) is 13.2 Å². The van der Waals surface area contributed by atoms with Crippen molar-refractivity contribution in [3.05, 3.63) is 72.0 Å². The topological polar surface area (TPSA) is 71.3 Å². The van der Waals surface area contributed by atoms with E-state index in [1.54, 1.807) is 38.1 Å². The summed E-state index contributed by atoms with van der Waals surface area (Å²) < 4.78 is 44.1. The highest BCUT2D eigenvalue weighted by molar-refractivity contribution is 6.02. The fraction of sp³-hybridized carbons (Fsp3) is 0.182. The lowest BCUT2D eigenvalue weighted by Gasteiger charge is -2.09. The predicted molar refractivity (Wildman–Crippen MR) is 107 cm³/mol. The smallest absolute Gasteiger partial charge is 0.416 e. The highest BCUT2D eigenvalue weighted by Crippen LogP contribution is 2.32. The summed E-state index contributed by atoms with van der Waals surface area (Å²) in [6.07, 6.45) is -4.47. The van der Waals surface area contributed by atoms with Crippen molar-refractivity contribution in [1.82, 2.24) is 0 Å². The third-order valence-electron chi connectivity index (χ3n) is 4.24. The molecule has 0 spiro atoms. The van der Waals surface area contributed by atoms with Gasteiger partial charge < -0.3 is 15.1 Å². The van der Waals surface area contributed by atoms with Crippen molar-refractivity contribution in [3.63, 3.8) is 0 Å². The van der Waals surface area contributed by atoms with Gasteiger partial charge in [-0.05, 0) is 48.5 Å². The van der Waals surface area contributed by atoms with Crippen LogP contribution in [0.5, 0.6) is 0 Å². The van der Waals surface area contributed by atoms with E-state index in [0.29, 0.717) is 11.4 Å². The molecule has 2 amide bonds. The molecule has 8 heteroatoms. The van der Waals surface area contributed by atoms with Crippen molar-refractivity contribution in [2.24, 2.45) is 5.92 Å². The van der Waals surface area contributed by atoms with Gasteiger partial charge in [-0.15, -0.1) is 0 Å². The quantitative estimate of drug-likeness (QED) is 0.551. The van der Waals surface area contributed by atoms with Crippen LogP contribution in [0.25, 0.3) is 11.3 Å². The molecule has 3 aromatic rings. The molecule has 5 nitrogen and oxygen atoms in total. The van der Waals surface area contributed by atoms with E-state index in [1.807, 2.05) is 0 Å². The fourth-order valence-corrected chi connectivity index (χ4v) is 2.58. The summed E-state index contributed by atoms with van der Waals surface area (Å²) in [5.74, 6) is -0.719. The average Bonchev–Trinajstić information content (AvgIpc) is 3.19. The first kappa shape index (κ1) is 21.2. The van der Waals surface area contributed by atoms with Gasteiger partial charge in [0, 0.05) is 22.9 Å². The number of halogens is 3. The Morgan fingerprint density at radius 3 is 2.13 bits per heavy atom. The predicted octanol–water partition coefficient (Wildman–Crippen LogP) is 5.81. The van der Waals surface area contributed by atoms with E-state index in [2.05, 4.69) is 10.6 Å². The minimum absolute atomic E-state index is 0.0420. The van der Waals surface area contributed by atoms with Crippen molar-refractivity contribution in [2.75, 3.05) is 10.6 Å². The first-order valence-electron chi connectivity index (χ1n) is 9.13. The van der Waals surface area contributed by atoms with Gasteiger partial charge in [-0.1, -0.05) is 26.0 Å². The highest BCUT2D eigenvalue weighted by Gasteiger charge is 2.30. The van der Waals surface area contributed by atoms with Crippen LogP contribution >= 0.6 is 0 Å². The van der Waals surface area contributed by atoms with Gasteiger partial charge in [-0.25, -0.2) is 0 Å². The van der Waals surface area contributed by atoms with Crippen LogP contribution in [-0.4, -0.2) is 11.8 Å². The standard InChI is InChI=1S/C22H19F3N2O3/c1-13(2)20(28)26-16-6-8-17(9-7-16)27-21(29)19-11-10-18(30-19)14-4-3-5-15(12-14)22(23,24)25/h3-13H,1-2H3,(H,26,28)(H,27,29). The summed E-state index contributed by atoms with van der Waals surface area (Å²) in [4.78, 5) is 24.1. The van der Waals surface area contributed by atoms with Gasteiger partial charge in [0.15, 0.2) is 5.76 Å². The first-order valence-corrected chi connectivity index (χ1v) is 9.13. The van der Waals surface area contributed by atoms with Gasteiger partial charge >= 0.3 is 6.18 Å². The summed E-state index contributed by atoms with van der Waals surface area (Å²) in [7, 11) is 0. The number of hydrogen-bond donors (Lipinski definition) is 2. The maximum atomic E-state index is 12.9. The Bertz CT molecular complexity index is 1050. The van der Waals surface area contributed by atoms with Crippen LogP contribution in [0.2, 0.25) is 0 Å². The van der Waals surface area contributed by atoms with E-state index in [-0.39, 0.29) is 28.9 Å². The molecule has 0 aliphatic rings. The number of carbonyl (C=O) groups is 2. The second-order valence-electron chi connectivity index (χ2n) is 6.92. The van der Waals surface area contributed by atoms with Crippen molar-refractivity contribution >= 4 is 23.2 Å². The summed E-state index contributed by atoms with van der Waals surface area (Å²) in [5, 5.41) is 5.38. The number of anilines is 2. The van der Waals surface area contributed by atoms with Gasteiger partial charge in [0.05, 0.1) is 5.56 Å². The molecule has 3 rings (SSSR count). The van der Waals surface area contributed by atoms with Gasteiger partial charge in [0.25, 0.3) is 5.91 Å². The highest BCUT2D eigenvalue weighted by atomic mass is 19.4. The number of amides is 2. The molecule has 2 N–H and O–H groups in total. The van der Waals surface area contributed by atoms with Crippen LogP contribution in [0.1, 0.15) is 30.0 Å². The maximum Gasteiger partial charge on any atom is 0.416 e. The summed E-state index contributed by atoms with van der Waals surface area (Å²) in [5.41, 5.74) is 0.484. The Labute approximate surface area is 170 Å². The van der Waals surface area contributed by atoms with Gasteiger partial charge in [0.2, 0.25) is 5.91 Å². The molecule has 0 bridgehead atoms. The summed E-state index contributed by atoms with van der Waals surface area (Å²) >= 11 is 0. The molecular formula is C22H19F3N2O3.